The van der Waals surface area contributed by atoms with Crippen molar-refractivity contribution in [1.29, 1.82) is 0 Å². The van der Waals surface area contributed by atoms with Crippen molar-refractivity contribution in [2.24, 2.45) is 0 Å². The van der Waals surface area contributed by atoms with Gasteiger partial charge < -0.3 is 15.2 Å². The summed E-state index contributed by atoms with van der Waals surface area (Å²) in [4.78, 5) is 29.1. The predicted molar refractivity (Wildman–Crippen MR) is 96.1 cm³/mol. The van der Waals surface area contributed by atoms with Gasteiger partial charge in [-0.3, -0.25) is 9.59 Å². The van der Waals surface area contributed by atoms with Crippen molar-refractivity contribution in [2.75, 3.05) is 18.1 Å². The molecule has 27 heavy (non-hydrogen) atoms. The summed E-state index contributed by atoms with van der Waals surface area (Å²) in [5, 5.41) is 9.66. The number of rotatable bonds is 5. The van der Waals surface area contributed by atoms with Crippen molar-refractivity contribution in [2.45, 2.75) is 38.1 Å². The second-order valence-electron chi connectivity index (χ2n) is 7.17. The molecule has 2 fully saturated rings. The molecule has 1 saturated heterocycles. The molecule has 1 atom stereocenters. The van der Waals surface area contributed by atoms with Gasteiger partial charge in [0.25, 0.3) is 11.6 Å². The van der Waals surface area contributed by atoms with Gasteiger partial charge in [0.1, 0.15) is 0 Å². The molecule has 0 unspecified atom stereocenters. The minimum atomic E-state index is -3.07. The summed E-state index contributed by atoms with van der Waals surface area (Å²) in [5.41, 5.74) is 2.06. The van der Waals surface area contributed by atoms with Crippen LogP contribution in [0.2, 0.25) is 0 Å². The van der Waals surface area contributed by atoms with Gasteiger partial charge in [0.05, 0.1) is 34.7 Å². The molecule has 2 aliphatic rings. The van der Waals surface area contributed by atoms with E-state index in [1.165, 1.54) is 0 Å². The number of nitrogens with one attached hydrogen (secondary N) is 2. The third-order valence-corrected chi connectivity index (χ3v) is 6.65. The molecule has 1 saturated carbocycles. The fraction of sp³-hybridized carbons (Fsp3) is 0.529. The van der Waals surface area contributed by atoms with Gasteiger partial charge in [-0.1, -0.05) is 5.16 Å². The summed E-state index contributed by atoms with van der Waals surface area (Å²) in [7, 11) is -3.07. The molecule has 144 valence electrons. The van der Waals surface area contributed by atoms with Gasteiger partial charge in [-0.2, -0.15) is 0 Å². The van der Waals surface area contributed by atoms with E-state index in [-0.39, 0.29) is 18.1 Å². The standard InChI is InChI=1S/C17H20N4O5S/c1-9-15-12(6-13(10-2-3-10)20-17(15)26-21-9)16(23)18-7-14(22)19-11-4-5-27(24,25)8-11/h6,10-11H,2-5,7-8H2,1H3,(H,18,23)(H,19,22)/t11-/m0/s1. The third kappa shape index (κ3) is 3.80. The summed E-state index contributed by atoms with van der Waals surface area (Å²) in [6, 6.07) is 1.34. The molecule has 9 nitrogen and oxygen atoms in total. The molecule has 2 amide bonds. The molecule has 3 heterocycles. The number of aryl methyl sites for hydroxylation is 1. The lowest BCUT2D eigenvalue weighted by Gasteiger charge is -2.12. The van der Waals surface area contributed by atoms with Crippen LogP contribution in [-0.2, 0) is 14.6 Å². The van der Waals surface area contributed by atoms with Crippen LogP contribution in [0.1, 0.15) is 46.9 Å². The monoisotopic (exact) mass is 392 g/mol. The maximum Gasteiger partial charge on any atom is 0.259 e. The van der Waals surface area contributed by atoms with Crippen LogP contribution < -0.4 is 10.6 Å². The zero-order valence-corrected chi connectivity index (χ0v) is 15.6. The Kier molecular flexibility index (Phi) is 4.37. The minimum absolute atomic E-state index is 0.0533. The molecule has 2 N–H and O–H groups in total. The van der Waals surface area contributed by atoms with E-state index in [0.29, 0.717) is 34.7 Å². The number of fused-ring (bicyclic) bond motifs is 1. The largest absolute Gasteiger partial charge is 0.351 e. The molecule has 2 aromatic heterocycles. The zero-order valence-electron chi connectivity index (χ0n) is 14.8. The van der Waals surface area contributed by atoms with E-state index in [1.807, 2.05) is 0 Å². The van der Waals surface area contributed by atoms with E-state index < -0.39 is 27.7 Å². The van der Waals surface area contributed by atoms with Gasteiger partial charge in [0, 0.05) is 17.7 Å². The first kappa shape index (κ1) is 17.9. The molecular formula is C17H20N4O5S. The molecule has 2 aromatic rings. The number of pyridine rings is 1. The van der Waals surface area contributed by atoms with E-state index in [4.69, 9.17) is 4.52 Å². The Bertz CT molecular complexity index is 1030. The SMILES string of the molecule is Cc1noc2nc(C3CC3)cc(C(=O)NCC(=O)N[C@H]3CCS(=O)(=O)C3)c12. The van der Waals surface area contributed by atoms with Crippen LogP contribution in [0.15, 0.2) is 10.6 Å². The Morgan fingerprint density at radius 3 is 2.74 bits per heavy atom. The van der Waals surface area contributed by atoms with Crippen molar-refractivity contribution >= 4 is 32.8 Å². The number of sulfone groups is 1. The average Bonchev–Trinajstić information content (AvgIpc) is 3.33. The maximum atomic E-state index is 12.7. The highest BCUT2D eigenvalue weighted by atomic mass is 32.2. The van der Waals surface area contributed by atoms with E-state index in [0.717, 1.165) is 18.5 Å². The summed E-state index contributed by atoms with van der Waals surface area (Å²) in [6.07, 6.45) is 2.45. The van der Waals surface area contributed by atoms with E-state index in [9.17, 15) is 18.0 Å². The van der Waals surface area contributed by atoms with Gasteiger partial charge in [0.2, 0.25) is 5.91 Å². The molecule has 0 bridgehead atoms. The number of hydrogen-bond acceptors (Lipinski definition) is 7. The molecule has 10 heteroatoms. The molecule has 4 rings (SSSR count). The maximum absolute atomic E-state index is 12.7. The second kappa shape index (κ2) is 6.59. The highest BCUT2D eigenvalue weighted by Crippen LogP contribution is 2.40. The van der Waals surface area contributed by atoms with Crippen molar-refractivity contribution in [3.8, 4) is 0 Å². The van der Waals surface area contributed by atoms with Crippen LogP contribution in [0.3, 0.4) is 0 Å². The van der Waals surface area contributed by atoms with Crippen LogP contribution in [-0.4, -0.2) is 54.5 Å². The van der Waals surface area contributed by atoms with Crippen LogP contribution in [0.25, 0.3) is 11.1 Å². The Morgan fingerprint density at radius 2 is 2.07 bits per heavy atom. The topological polar surface area (TPSA) is 131 Å². The number of hydrogen-bond donors (Lipinski definition) is 2. The summed E-state index contributed by atoms with van der Waals surface area (Å²) in [5.74, 6) is -0.470. The molecular weight excluding hydrogens is 372 g/mol. The summed E-state index contributed by atoms with van der Waals surface area (Å²) in [6.45, 7) is 1.50. The van der Waals surface area contributed by atoms with Crippen LogP contribution >= 0.6 is 0 Å². The number of carbonyl (C=O) groups excluding carboxylic acids is 2. The first-order valence-electron chi connectivity index (χ1n) is 8.87. The zero-order chi connectivity index (χ0) is 19.2. The lowest BCUT2D eigenvalue weighted by Crippen LogP contribution is -2.42. The molecule has 0 radical (unpaired) electrons. The van der Waals surface area contributed by atoms with E-state index in [1.54, 1.807) is 13.0 Å². The number of aromatic nitrogens is 2. The Balaban J connectivity index is 1.45. The van der Waals surface area contributed by atoms with Crippen molar-refractivity contribution in [3.63, 3.8) is 0 Å². The van der Waals surface area contributed by atoms with Gasteiger partial charge in [-0.15, -0.1) is 0 Å². The highest BCUT2D eigenvalue weighted by Gasteiger charge is 2.30. The lowest BCUT2D eigenvalue weighted by atomic mass is 10.1. The van der Waals surface area contributed by atoms with E-state index >= 15 is 0 Å². The van der Waals surface area contributed by atoms with Gasteiger partial charge in [0.15, 0.2) is 9.84 Å². The Morgan fingerprint density at radius 1 is 1.30 bits per heavy atom. The highest BCUT2D eigenvalue weighted by molar-refractivity contribution is 7.91. The van der Waals surface area contributed by atoms with Crippen LogP contribution in [0.4, 0.5) is 0 Å². The summed E-state index contributed by atoms with van der Waals surface area (Å²) < 4.78 is 28.1. The fourth-order valence-corrected chi connectivity index (χ4v) is 5.00. The third-order valence-electron chi connectivity index (χ3n) is 4.88. The van der Waals surface area contributed by atoms with Gasteiger partial charge in [-0.05, 0) is 32.3 Å². The van der Waals surface area contributed by atoms with Crippen molar-refractivity contribution in [3.05, 3.63) is 23.0 Å². The van der Waals surface area contributed by atoms with Crippen LogP contribution in [0.5, 0.6) is 0 Å². The lowest BCUT2D eigenvalue weighted by molar-refractivity contribution is -0.120. The smallest absolute Gasteiger partial charge is 0.259 e. The van der Waals surface area contributed by atoms with E-state index in [2.05, 4.69) is 20.8 Å². The fourth-order valence-electron chi connectivity index (χ4n) is 3.32. The molecule has 0 spiro atoms. The Hall–Kier alpha value is -2.49. The first-order chi connectivity index (χ1) is 12.8. The molecule has 1 aliphatic carbocycles. The van der Waals surface area contributed by atoms with Gasteiger partial charge in [-0.25, -0.2) is 13.4 Å². The second-order valence-corrected chi connectivity index (χ2v) is 9.40. The Labute approximate surface area is 155 Å². The average molecular weight is 392 g/mol. The van der Waals surface area contributed by atoms with Crippen molar-refractivity contribution < 1.29 is 22.5 Å². The number of amides is 2. The molecule has 0 aromatic carbocycles. The predicted octanol–water partition coefficient (Wildman–Crippen LogP) is 0.442. The normalized spacial score (nSPS) is 21.3. The minimum Gasteiger partial charge on any atom is -0.351 e. The number of nitrogens with zero attached hydrogens (tertiary/aromatic N) is 2. The number of carbonyl (C=O) groups is 2. The van der Waals surface area contributed by atoms with Gasteiger partial charge >= 0.3 is 0 Å². The van der Waals surface area contributed by atoms with Crippen LogP contribution in [0, 0.1) is 6.92 Å². The molecule has 1 aliphatic heterocycles. The quantitative estimate of drug-likeness (QED) is 0.755. The summed E-state index contributed by atoms with van der Waals surface area (Å²) >= 11 is 0. The van der Waals surface area contributed by atoms with Crippen molar-refractivity contribution in [1.82, 2.24) is 20.8 Å². The first-order valence-corrected chi connectivity index (χ1v) is 10.7.